The number of halogens is 1. The van der Waals surface area contributed by atoms with Crippen LogP contribution in [0, 0.1) is 6.92 Å². The van der Waals surface area contributed by atoms with Gasteiger partial charge in [-0.15, -0.1) is 24.0 Å². The zero-order chi connectivity index (χ0) is 20.3. The smallest absolute Gasteiger partial charge is 0.228 e. The number of benzene rings is 2. The fourth-order valence-corrected chi connectivity index (χ4v) is 3.18. The van der Waals surface area contributed by atoms with Crippen molar-refractivity contribution in [3.63, 3.8) is 0 Å². The van der Waals surface area contributed by atoms with Crippen molar-refractivity contribution in [1.82, 2.24) is 20.8 Å². The second kappa shape index (κ2) is 13.0. The molecule has 1 unspecified atom stereocenters. The highest BCUT2D eigenvalue weighted by molar-refractivity contribution is 14.0. The molecular formula is C23H30IN5O. The molecule has 6 nitrogen and oxygen atoms in total. The van der Waals surface area contributed by atoms with Crippen molar-refractivity contribution in [3.05, 3.63) is 83.5 Å². The Morgan fingerprint density at radius 3 is 2.37 bits per heavy atom. The first-order valence-electron chi connectivity index (χ1n) is 10.1. The first-order valence-corrected chi connectivity index (χ1v) is 10.1. The van der Waals surface area contributed by atoms with E-state index in [-0.39, 0.29) is 24.0 Å². The van der Waals surface area contributed by atoms with E-state index >= 15 is 0 Å². The van der Waals surface area contributed by atoms with Crippen LogP contribution in [-0.4, -0.2) is 35.7 Å². The van der Waals surface area contributed by atoms with Gasteiger partial charge in [0, 0.05) is 32.0 Å². The Kier molecular flexibility index (Phi) is 10.3. The number of nitrogens with one attached hydrogen (secondary N) is 2. The average molecular weight is 519 g/mol. The van der Waals surface area contributed by atoms with Crippen LogP contribution in [0.25, 0.3) is 0 Å². The Bertz CT molecular complexity index is 883. The van der Waals surface area contributed by atoms with Crippen molar-refractivity contribution in [2.75, 3.05) is 19.6 Å². The van der Waals surface area contributed by atoms with Crippen LogP contribution in [0.5, 0.6) is 0 Å². The molecule has 30 heavy (non-hydrogen) atoms. The quantitative estimate of drug-likeness (QED) is 0.253. The lowest BCUT2D eigenvalue weighted by Crippen LogP contribution is -2.38. The molecule has 0 aliphatic carbocycles. The highest BCUT2D eigenvalue weighted by atomic mass is 127. The van der Waals surface area contributed by atoms with Crippen LogP contribution in [0.3, 0.4) is 0 Å². The van der Waals surface area contributed by atoms with Crippen LogP contribution in [0.2, 0.25) is 0 Å². The van der Waals surface area contributed by atoms with Gasteiger partial charge in [0.1, 0.15) is 0 Å². The molecule has 1 atom stereocenters. The SMILES string of the molecule is CCNC(=NCC(Cc1ccccc1)c1ccccc1)NCCc1nc(C)no1.I. The molecule has 2 aromatic carbocycles. The lowest BCUT2D eigenvalue weighted by molar-refractivity contribution is 0.374. The van der Waals surface area contributed by atoms with E-state index in [4.69, 9.17) is 9.52 Å². The second-order valence-corrected chi connectivity index (χ2v) is 6.93. The summed E-state index contributed by atoms with van der Waals surface area (Å²) < 4.78 is 5.17. The van der Waals surface area contributed by atoms with E-state index in [0.29, 0.717) is 37.1 Å². The van der Waals surface area contributed by atoms with Gasteiger partial charge in [0.15, 0.2) is 11.8 Å². The minimum absolute atomic E-state index is 0. The fraction of sp³-hybridized carbons (Fsp3) is 0.348. The first kappa shape index (κ1) is 23.9. The zero-order valence-corrected chi connectivity index (χ0v) is 19.9. The molecule has 0 spiro atoms. The van der Waals surface area contributed by atoms with Gasteiger partial charge in [-0.1, -0.05) is 65.8 Å². The fourth-order valence-electron chi connectivity index (χ4n) is 3.18. The van der Waals surface area contributed by atoms with Gasteiger partial charge in [0.25, 0.3) is 0 Å². The number of hydrogen-bond acceptors (Lipinski definition) is 4. The summed E-state index contributed by atoms with van der Waals surface area (Å²) in [5, 5.41) is 10.5. The molecule has 1 aromatic heterocycles. The molecule has 1 heterocycles. The van der Waals surface area contributed by atoms with E-state index < -0.39 is 0 Å². The van der Waals surface area contributed by atoms with Gasteiger partial charge >= 0.3 is 0 Å². The molecule has 3 rings (SSSR count). The van der Waals surface area contributed by atoms with Crippen LogP contribution in [0.4, 0.5) is 0 Å². The number of rotatable bonds is 9. The predicted octanol–water partition coefficient (Wildman–Crippen LogP) is 4.12. The minimum atomic E-state index is 0. The second-order valence-electron chi connectivity index (χ2n) is 6.93. The highest BCUT2D eigenvalue weighted by Crippen LogP contribution is 2.21. The standard InChI is InChI=1S/C23H29N5O.HI/c1-3-24-23(25-15-14-22-27-18(2)28-29-22)26-17-21(20-12-8-5-9-13-20)16-19-10-6-4-7-11-19;/h4-13,21H,3,14-17H2,1-2H3,(H2,24,25,26);1H. The average Bonchev–Trinajstić information content (AvgIpc) is 3.17. The molecule has 160 valence electrons. The zero-order valence-electron chi connectivity index (χ0n) is 17.5. The van der Waals surface area contributed by atoms with Gasteiger partial charge in [0.2, 0.25) is 5.89 Å². The van der Waals surface area contributed by atoms with E-state index in [2.05, 4.69) is 88.4 Å². The third kappa shape index (κ3) is 7.78. The van der Waals surface area contributed by atoms with Crippen molar-refractivity contribution in [2.45, 2.75) is 32.6 Å². The molecule has 0 fully saturated rings. The number of aryl methyl sites for hydroxylation is 1. The Morgan fingerprint density at radius 2 is 1.73 bits per heavy atom. The monoisotopic (exact) mass is 519 g/mol. The van der Waals surface area contributed by atoms with E-state index in [1.54, 1.807) is 0 Å². The lowest BCUT2D eigenvalue weighted by atomic mass is 9.92. The highest BCUT2D eigenvalue weighted by Gasteiger charge is 2.13. The third-order valence-corrected chi connectivity index (χ3v) is 4.61. The van der Waals surface area contributed by atoms with Gasteiger partial charge in [-0.2, -0.15) is 4.98 Å². The van der Waals surface area contributed by atoms with Gasteiger partial charge in [-0.3, -0.25) is 4.99 Å². The van der Waals surface area contributed by atoms with Crippen molar-refractivity contribution in [1.29, 1.82) is 0 Å². The minimum Gasteiger partial charge on any atom is -0.357 e. The van der Waals surface area contributed by atoms with E-state index in [1.807, 2.05) is 6.92 Å². The van der Waals surface area contributed by atoms with E-state index in [1.165, 1.54) is 11.1 Å². The molecule has 0 aliphatic rings. The maximum Gasteiger partial charge on any atom is 0.228 e. The summed E-state index contributed by atoms with van der Waals surface area (Å²) in [4.78, 5) is 9.09. The van der Waals surface area contributed by atoms with Gasteiger partial charge < -0.3 is 15.2 Å². The van der Waals surface area contributed by atoms with Crippen LogP contribution < -0.4 is 10.6 Å². The summed E-state index contributed by atoms with van der Waals surface area (Å²) in [7, 11) is 0. The molecule has 0 amide bonds. The first-order chi connectivity index (χ1) is 14.2. The number of aromatic nitrogens is 2. The Morgan fingerprint density at radius 1 is 1.03 bits per heavy atom. The van der Waals surface area contributed by atoms with Gasteiger partial charge in [0.05, 0.1) is 0 Å². The van der Waals surface area contributed by atoms with E-state index in [0.717, 1.165) is 18.9 Å². The van der Waals surface area contributed by atoms with Crippen molar-refractivity contribution in [2.24, 2.45) is 4.99 Å². The van der Waals surface area contributed by atoms with Crippen molar-refractivity contribution < 1.29 is 4.52 Å². The van der Waals surface area contributed by atoms with Crippen LogP contribution >= 0.6 is 24.0 Å². The number of nitrogens with zero attached hydrogens (tertiary/aromatic N) is 3. The van der Waals surface area contributed by atoms with Crippen molar-refractivity contribution in [3.8, 4) is 0 Å². The molecule has 0 bridgehead atoms. The van der Waals surface area contributed by atoms with E-state index in [9.17, 15) is 0 Å². The molecule has 0 aliphatic heterocycles. The molecule has 0 saturated heterocycles. The largest absolute Gasteiger partial charge is 0.357 e. The number of hydrogen-bond donors (Lipinski definition) is 2. The van der Waals surface area contributed by atoms with Crippen LogP contribution in [0.15, 0.2) is 70.2 Å². The predicted molar refractivity (Wildman–Crippen MR) is 131 cm³/mol. The number of guanidine groups is 1. The molecule has 0 radical (unpaired) electrons. The summed E-state index contributed by atoms with van der Waals surface area (Å²) in [6.45, 7) is 6.08. The maximum absolute atomic E-state index is 5.17. The Balaban J connectivity index is 0.00000320. The third-order valence-electron chi connectivity index (χ3n) is 4.61. The molecular weight excluding hydrogens is 489 g/mol. The summed E-state index contributed by atoms with van der Waals surface area (Å²) in [5.74, 6) is 2.41. The molecule has 3 aromatic rings. The van der Waals surface area contributed by atoms with Crippen molar-refractivity contribution >= 4 is 29.9 Å². The summed E-state index contributed by atoms with van der Waals surface area (Å²) >= 11 is 0. The summed E-state index contributed by atoms with van der Waals surface area (Å²) in [6.07, 6.45) is 1.62. The Hall–Kier alpha value is -2.42. The maximum atomic E-state index is 5.17. The summed E-state index contributed by atoms with van der Waals surface area (Å²) in [6, 6.07) is 21.2. The topological polar surface area (TPSA) is 75.3 Å². The normalized spacial score (nSPS) is 12.1. The molecule has 2 N–H and O–H groups in total. The summed E-state index contributed by atoms with van der Waals surface area (Å²) in [5.41, 5.74) is 2.62. The van der Waals surface area contributed by atoms with Gasteiger partial charge in [-0.25, -0.2) is 0 Å². The van der Waals surface area contributed by atoms with Crippen LogP contribution in [-0.2, 0) is 12.8 Å². The number of aliphatic imine (C=N–C) groups is 1. The molecule has 0 saturated carbocycles. The van der Waals surface area contributed by atoms with Gasteiger partial charge in [-0.05, 0) is 31.4 Å². The Labute approximate surface area is 195 Å². The lowest BCUT2D eigenvalue weighted by Gasteiger charge is -2.17. The van der Waals surface area contributed by atoms with Crippen LogP contribution in [0.1, 0.15) is 35.7 Å². The molecule has 7 heteroatoms.